The fourth-order valence-electron chi connectivity index (χ4n) is 2.25. The highest BCUT2D eigenvalue weighted by atomic mass is 16.6. The van der Waals surface area contributed by atoms with Gasteiger partial charge in [-0.3, -0.25) is 0 Å². The van der Waals surface area contributed by atoms with Crippen molar-refractivity contribution in [1.82, 2.24) is 10.6 Å². The molecule has 0 unspecified atom stereocenters. The van der Waals surface area contributed by atoms with Crippen molar-refractivity contribution in [2.24, 2.45) is 0 Å². The number of amides is 1. The molecule has 1 amide bonds. The highest BCUT2D eigenvalue weighted by Crippen LogP contribution is 2.22. The molecule has 2 N–H and O–H groups in total. The summed E-state index contributed by atoms with van der Waals surface area (Å²) in [5.41, 5.74) is 1.81. The number of alkyl carbamates (subject to hydrolysis) is 1. The van der Waals surface area contributed by atoms with Crippen molar-refractivity contribution in [3.8, 4) is 5.75 Å². The Labute approximate surface area is 142 Å². The van der Waals surface area contributed by atoms with E-state index < -0.39 is 17.7 Å². The molecular weight excluding hydrogens is 308 g/mol. The Morgan fingerprint density at radius 2 is 1.92 bits per heavy atom. The van der Waals surface area contributed by atoms with Gasteiger partial charge in [0.1, 0.15) is 17.9 Å². The minimum absolute atomic E-state index is 0.243. The van der Waals surface area contributed by atoms with E-state index in [1.807, 2.05) is 12.1 Å². The van der Waals surface area contributed by atoms with Crippen molar-refractivity contribution >= 4 is 17.6 Å². The molecule has 1 aromatic rings. The van der Waals surface area contributed by atoms with Crippen LogP contribution in [0.25, 0.3) is 5.57 Å². The van der Waals surface area contributed by atoms with Gasteiger partial charge >= 0.3 is 12.1 Å². The summed E-state index contributed by atoms with van der Waals surface area (Å²) in [5, 5.41) is 5.64. The normalized spacial score (nSPS) is 14.5. The fraction of sp³-hybridized carbons (Fsp3) is 0.444. The molecule has 0 spiro atoms. The lowest BCUT2D eigenvalue weighted by molar-refractivity contribution is -0.133. The number of rotatable bonds is 4. The molecule has 130 valence electrons. The van der Waals surface area contributed by atoms with Gasteiger partial charge in [-0.1, -0.05) is 18.2 Å². The number of nitrogens with one attached hydrogen (secondary N) is 2. The van der Waals surface area contributed by atoms with Gasteiger partial charge < -0.3 is 20.1 Å². The standard InChI is InChI=1S/C18H24N2O4/c1-18(2,3)24-17(22)20-12-16(21)23-15-6-4-13(5-7-15)14-8-10-19-11-9-14/h4-8,19H,9-12H2,1-3H3,(H,20,22). The van der Waals surface area contributed by atoms with Crippen LogP contribution in [0.1, 0.15) is 32.8 Å². The van der Waals surface area contributed by atoms with Crippen LogP contribution in [0, 0.1) is 0 Å². The van der Waals surface area contributed by atoms with Crippen molar-refractivity contribution < 1.29 is 19.1 Å². The molecule has 0 atom stereocenters. The van der Waals surface area contributed by atoms with E-state index in [9.17, 15) is 9.59 Å². The quantitative estimate of drug-likeness (QED) is 0.654. The van der Waals surface area contributed by atoms with Crippen LogP contribution in [0.15, 0.2) is 30.3 Å². The second-order valence-electron chi connectivity index (χ2n) is 6.54. The molecule has 24 heavy (non-hydrogen) atoms. The number of benzene rings is 1. The predicted octanol–water partition coefficient (Wildman–Crippen LogP) is 2.49. The zero-order valence-corrected chi connectivity index (χ0v) is 14.3. The van der Waals surface area contributed by atoms with Crippen molar-refractivity contribution in [2.45, 2.75) is 32.8 Å². The van der Waals surface area contributed by atoms with Crippen LogP contribution in [-0.2, 0) is 9.53 Å². The van der Waals surface area contributed by atoms with E-state index in [1.54, 1.807) is 32.9 Å². The third-order valence-corrected chi connectivity index (χ3v) is 3.30. The molecule has 6 nitrogen and oxygen atoms in total. The second kappa shape index (κ2) is 7.97. The van der Waals surface area contributed by atoms with E-state index in [1.165, 1.54) is 5.57 Å². The Morgan fingerprint density at radius 1 is 1.21 bits per heavy atom. The van der Waals surface area contributed by atoms with Gasteiger partial charge in [0.25, 0.3) is 0 Å². The summed E-state index contributed by atoms with van der Waals surface area (Å²) in [7, 11) is 0. The Balaban J connectivity index is 1.81. The topological polar surface area (TPSA) is 76.7 Å². The van der Waals surface area contributed by atoms with Crippen LogP contribution in [0.4, 0.5) is 4.79 Å². The molecule has 0 saturated heterocycles. The van der Waals surface area contributed by atoms with Crippen LogP contribution in [-0.4, -0.2) is 37.3 Å². The van der Waals surface area contributed by atoms with Crippen molar-refractivity contribution in [1.29, 1.82) is 0 Å². The van der Waals surface area contributed by atoms with Crippen LogP contribution in [0.5, 0.6) is 5.75 Å². The molecule has 0 aliphatic carbocycles. The van der Waals surface area contributed by atoms with E-state index in [4.69, 9.17) is 9.47 Å². The average molecular weight is 332 g/mol. The smallest absolute Gasteiger partial charge is 0.408 e. The fourth-order valence-corrected chi connectivity index (χ4v) is 2.25. The number of carbonyl (C=O) groups is 2. The van der Waals surface area contributed by atoms with Gasteiger partial charge in [-0.2, -0.15) is 0 Å². The first-order valence-electron chi connectivity index (χ1n) is 8.01. The number of hydrogen-bond acceptors (Lipinski definition) is 5. The third-order valence-electron chi connectivity index (χ3n) is 3.30. The summed E-state index contributed by atoms with van der Waals surface area (Å²) in [4.78, 5) is 23.2. The van der Waals surface area contributed by atoms with Gasteiger partial charge in [0.05, 0.1) is 0 Å². The predicted molar refractivity (Wildman–Crippen MR) is 91.8 cm³/mol. The molecular formula is C18H24N2O4. The maximum Gasteiger partial charge on any atom is 0.408 e. The lowest BCUT2D eigenvalue weighted by atomic mass is 10.0. The van der Waals surface area contributed by atoms with Crippen LogP contribution < -0.4 is 15.4 Å². The van der Waals surface area contributed by atoms with E-state index in [-0.39, 0.29) is 6.54 Å². The monoisotopic (exact) mass is 332 g/mol. The molecule has 0 aromatic heterocycles. The zero-order chi connectivity index (χ0) is 17.6. The molecule has 1 heterocycles. The Kier molecular flexibility index (Phi) is 5.98. The Hall–Kier alpha value is -2.34. The summed E-state index contributed by atoms with van der Waals surface area (Å²) >= 11 is 0. The van der Waals surface area contributed by atoms with Crippen molar-refractivity contribution in [3.05, 3.63) is 35.9 Å². The van der Waals surface area contributed by atoms with Gasteiger partial charge in [0.15, 0.2) is 0 Å². The lowest BCUT2D eigenvalue weighted by Crippen LogP contribution is -2.36. The first-order valence-corrected chi connectivity index (χ1v) is 8.01. The van der Waals surface area contributed by atoms with Crippen LogP contribution >= 0.6 is 0 Å². The second-order valence-corrected chi connectivity index (χ2v) is 6.54. The molecule has 0 fully saturated rings. The first-order chi connectivity index (χ1) is 11.3. The summed E-state index contributed by atoms with van der Waals surface area (Å²) in [6, 6.07) is 7.37. The first kappa shape index (κ1) is 18.0. The van der Waals surface area contributed by atoms with E-state index in [0.29, 0.717) is 5.75 Å². The highest BCUT2D eigenvalue weighted by Gasteiger charge is 2.17. The molecule has 6 heteroatoms. The Morgan fingerprint density at radius 3 is 2.50 bits per heavy atom. The molecule has 1 aromatic carbocycles. The van der Waals surface area contributed by atoms with Gasteiger partial charge in [-0.25, -0.2) is 9.59 Å². The maximum atomic E-state index is 11.8. The van der Waals surface area contributed by atoms with Crippen LogP contribution in [0.2, 0.25) is 0 Å². The van der Waals surface area contributed by atoms with Crippen molar-refractivity contribution in [2.75, 3.05) is 19.6 Å². The molecule has 2 rings (SSSR count). The third kappa shape index (κ3) is 6.04. The minimum Gasteiger partial charge on any atom is -0.444 e. The summed E-state index contributed by atoms with van der Waals surface area (Å²) in [6.07, 6.45) is 2.50. The van der Waals surface area contributed by atoms with Gasteiger partial charge in [0, 0.05) is 6.54 Å². The summed E-state index contributed by atoms with van der Waals surface area (Å²) < 4.78 is 10.2. The summed E-state index contributed by atoms with van der Waals surface area (Å²) in [6.45, 7) is 6.87. The largest absolute Gasteiger partial charge is 0.444 e. The summed E-state index contributed by atoms with van der Waals surface area (Å²) in [5.74, 6) is -0.0982. The molecule has 0 bridgehead atoms. The number of esters is 1. The number of carbonyl (C=O) groups excluding carboxylic acids is 2. The molecule has 1 aliphatic heterocycles. The zero-order valence-electron chi connectivity index (χ0n) is 14.3. The number of ether oxygens (including phenoxy) is 2. The van der Waals surface area contributed by atoms with Gasteiger partial charge in [-0.05, 0) is 57.0 Å². The van der Waals surface area contributed by atoms with E-state index in [2.05, 4.69) is 16.7 Å². The van der Waals surface area contributed by atoms with Crippen LogP contribution in [0.3, 0.4) is 0 Å². The SMILES string of the molecule is CC(C)(C)OC(=O)NCC(=O)Oc1ccc(C2=CCNCC2)cc1. The van der Waals surface area contributed by atoms with E-state index >= 15 is 0 Å². The number of hydrogen-bond donors (Lipinski definition) is 2. The molecule has 0 radical (unpaired) electrons. The van der Waals surface area contributed by atoms with Gasteiger partial charge in [0.2, 0.25) is 0 Å². The lowest BCUT2D eigenvalue weighted by Gasteiger charge is -2.19. The minimum atomic E-state index is -0.646. The maximum absolute atomic E-state index is 11.8. The van der Waals surface area contributed by atoms with Crippen molar-refractivity contribution in [3.63, 3.8) is 0 Å². The van der Waals surface area contributed by atoms with Gasteiger partial charge in [-0.15, -0.1) is 0 Å². The highest BCUT2D eigenvalue weighted by molar-refractivity contribution is 5.79. The Bertz CT molecular complexity index is 615. The van der Waals surface area contributed by atoms with E-state index in [0.717, 1.165) is 25.1 Å². The molecule has 1 aliphatic rings. The average Bonchev–Trinajstić information content (AvgIpc) is 2.53. The molecule has 0 saturated carbocycles.